The molecule has 2 N–H and O–H groups in total. The first kappa shape index (κ1) is 14.2. The normalized spacial score (nSPS) is 24.1. The molecule has 1 saturated heterocycles. The molecule has 1 unspecified atom stereocenters. The smallest absolute Gasteiger partial charge is 0.234 e. The average Bonchev–Trinajstić information content (AvgIpc) is 2.84. The van der Waals surface area contributed by atoms with Gasteiger partial charge in [-0.3, -0.25) is 0 Å². The Morgan fingerprint density at radius 2 is 2.05 bits per heavy atom. The molecule has 0 amide bonds. The van der Waals surface area contributed by atoms with Crippen molar-refractivity contribution in [2.24, 2.45) is 0 Å². The number of sulfonamides is 1. The molecule has 2 atom stereocenters. The number of hydrogen-bond donors (Lipinski definition) is 2. The van der Waals surface area contributed by atoms with Crippen molar-refractivity contribution in [3.05, 3.63) is 41.3 Å². The van der Waals surface area contributed by atoms with Gasteiger partial charge in [-0.15, -0.1) is 0 Å². The monoisotopic (exact) mass is 282 g/mol. The van der Waals surface area contributed by atoms with Crippen molar-refractivity contribution in [3.8, 4) is 0 Å². The molecule has 0 radical (unpaired) electrons. The zero-order valence-electron chi connectivity index (χ0n) is 10.7. The topological polar surface area (TPSA) is 67.4 Å². The van der Waals surface area contributed by atoms with Gasteiger partial charge in [-0.05, 0) is 11.6 Å². The van der Waals surface area contributed by atoms with E-state index in [1.807, 2.05) is 30.3 Å². The van der Waals surface area contributed by atoms with Crippen LogP contribution in [0, 0.1) is 0 Å². The molecule has 0 saturated carbocycles. The van der Waals surface area contributed by atoms with Gasteiger partial charge in [0, 0.05) is 25.6 Å². The van der Waals surface area contributed by atoms with E-state index < -0.39 is 10.0 Å². The van der Waals surface area contributed by atoms with Gasteiger partial charge >= 0.3 is 0 Å². The van der Waals surface area contributed by atoms with E-state index in [9.17, 15) is 8.42 Å². The van der Waals surface area contributed by atoms with Crippen LogP contribution < -0.4 is 10.0 Å². The molecule has 5 nitrogen and oxygen atoms in total. The van der Waals surface area contributed by atoms with Crippen molar-refractivity contribution in [1.82, 2.24) is 10.0 Å². The Hall–Kier alpha value is -1.21. The second-order valence-electron chi connectivity index (χ2n) is 4.42. The van der Waals surface area contributed by atoms with Crippen LogP contribution in [0.25, 0.3) is 6.08 Å². The molecule has 19 heavy (non-hydrogen) atoms. The molecule has 1 aliphatic rings. The third-order valence-corrected chi connectivity index (χ3v) is 4.14. The first-order chi connectivity index (χ1) is 9.11. The van der Waals surface area contributed by atoms with Crippen LogP contribution in [-0.2, 0) is 14.8 Å². The Kier molecular flexibility index (Phi) is 4.71. The Labute approximate surface area is 113 Å². The van der Waals surface area contributed by atoms with Gasteiger partial charge in [-0.25, -0.2) is 13.1 Å². The fraction of sp³-hybridized carbons (Fsp3) is 0.385. The van der Waals surface area contributed by atoms with Crippen molar-refractivity contribution < 1.29 is 13.2 Å². The van der Waals surface area contributed by atoms with Crippen LogP contribution in [0.1, 0.15) is 5.56 Å². The van der Waals surface area contributed by atoms with E-state index in [-0.39, 0.29) is 12.1 Å². The SMILES string of the molecule is CO[C@H]1CNCC1NS(=O)(=O)/C=C/c1ccccc1. The van der Waals surface area contributed by atoms with Crippen LogP contribution in [0.15, 0.2) is 35.7 Å². The quantitative estimate of drug-likeness (QED) is 0.828. The zero-order valence-corrected chi connectivity index (χ0v) is 11.6. The van der Waals surface area contributed by atoms with E-state index in [1.165, 1.54) is 5.41 Å². The fourth-order valence-corrected chi connectivity index (χ4v) is 3.07. The maximum absolute atomic E-state index is 11.9. The Bertz CT molecular complexity index is 528. The molecular formula is C13H18N2O3S. The minimum absolute atomic E-state index is 0.125. The number of nitrogens with one attached hydrogen (secondary N) is 2. The lowest BCUT2D eigenvalue weighted by atomic mass is 10.2. The second kappa shape index (κ2) is 6.29. The molecule has 0 bridgehead atoms. The summed E-state index contributed by atoms with van der Waals surface area (Å²) >= 11 is 0. The summed E-state index contributed by atoms with van der Waals surface area (Å²) in [7, 11) is -1.87. The van der Waals surface area contributed by atoms with Gasteiger partial charge in [-0.1, -0.05) is 30.3 Å². The first-order valence-electron chi connectivity index (χ1n) is 6.10. The largest absolute Gasteiger partial charge is 0.378 e. The van der Waals surface area contributed by atoms with Crippen LogP contribution in [0.2, 0.25) is 0 Å². The second-order valence-corrected chi connectivity index (χ2v) is 6.01. The van der Waals surface area contributed by atoms with E-state index >= 15 is 0 Å². The van der Waals surface area contributed by atoms with Gasteiger partial charge in [0.05, 0.1) is 12.1 Å². The van der Waals surface area contributed by atoms with Crippen molar-refractivity contribution in [2.45, 2.75) is 12.1 Å². The number of rotatable bonds is 5. The Balaban J connectivity index is 2.01. The highest BCUT2D eigenvalue weighted by Gasteiger charge is 2.29. The summed E-state index contributed by atoms with van der Waals surface area (Å²) in [5, 5.41) is 4.28. The highest BCUT2D eigenvalue weighted by Crippen LogP contribution is 2.07. The lowest BCUT2D eigenvalue weighted by molar-refractivity contribution is 0.103. The molecule has 0 aliphatic carbocycles. The average molecular weight is 282 g/mol. The summed E-state index contributed by atoms with van der Waals surface area (Å²) in [6.45, 7) is 1.24. The maximum Gasteiger partial charge on any atom is 0.234 e. The van der Waals surface area contributed by atoms with Gasteiger partial charge < -0.3 is 10.1 Å². The van der Waals surface area contributed by atoms with E-state index in [4.69, 9.17) is 4.74 Å². The molecule has 2 rings (SSSR count). The molecule has 0 spiro atoms. The van der Waals surface area contributed by atoms with Crippen LogP contribution in [-0.4, -0.2) is 40.8 Å². The fourth-order valence-electron chi connectivity index (χ4n) is 2.00. The van der Waals surface area contributed by atoms with Gasteiger partial charge in [0.2, 0.25) is 10.0 Å². The Morgan fingerprint density at radius 3 is 2.74 bits per heavy atom. The van der Waals surface area contributed by atoms with Crippen molar-refractivity contribution in [3.63, 3.8) is 0 Å². The highest BCUT2D eigenvalue weighted by molar-refractivity contribution is 7.92. The molecule has 1 aromatic carbocycles. The number of methoxy groups -OCH3 is 1. The van der Waals surface area contributed by atoms with Crippen molar-refractivity contribution >= 4 is 16.1 Å². The predicted octanol–water partition coefficient (Wildman–Crippen LogP) is 0.563. The van der Waals surface area contributed by atoms with Gasteiger partial charge in [-0.2, -0.15) is 0 Å². The van der Waals surface area contributed by atoms with E-state index in [2.05, 4.69) is 10.0 Å². The molecule has 6 heteroatoms. The molecule has 1 heterocycles. The molecule has 1 aliphatic heterocycles. The summed E-state index contributed by atoms with van der Waals surface area (Å²) in [6, 6.07) is 9.08. The first-order valence-corrected chi connectivity index (χ1v) is 7.64. The third-order valence-electron chi connectivity index (χ3n) is 3.02. The van der Waals surface area contributed by atoms with Crippen LogP contribution in [0.3, 0.4) is 0 Å². The third kappa shape index (κ3) is 4.14. The van der Waals surface area contributed by atoms with E-state index in [0.29, 0.717) is 13.1 Å². The van der Waals surface area contributed by atoms with Gasteiger partial charge in [0.1, 0.15) is 0 Å². The minimum atomic E-state index is -3.46. The summed E-state index contributed by atoms with van der Waals surface area (Å²) in [5.41, 5.74) is 0.848. The lowest BCUT2D eigenvalue weighted by Crippen LogP contribution is -2.42. The maximum atomic E-state index is 11.9. The molecule has 1 aromatic rings. The molecular weight excluding hydrogens is 264 g/mol. The zero-order chi connectivity index (χ0) is 13.7. The Morgan fingerprint density at radius 1 is 1.32 bits per heavy atom. The van der Waals surface area contributed by atoms with Crippen molar-refractivity contribution in [2.75, 3.05) is 20.2 Å². The minimum Gasteiger partial charge on any atom is -0.378 e. The summed E-state index contributed by atoms with van der Waals surface area (Å²) < 4.78 is 31.7. The van der Waals surface area contributed by atoms with Gasteiger partial charge in [0.15, 0.2) is 0 Å². The van der Waals surface area contributed by atoms with Crippen LogP contribution in [0.5, 0.6) is 0 Å². The summed E-state index contributed by atoms with van der Waals surface area (Å²) in [5.74, 6) is 0. The van der Waals surface area contributed by atoms with Gasteiger partial charge in [0.25, 0.3) is 0 Å². The number of benzene rings is 1. The highest BCUT2D eigenvalue weighted by atomic mass is 32.2. The number of hydrogen-bond acceptors (Lipinski definition) is 4. The van der Waals surface area contributed by atoms with Crippen molar-refractivity contribution in [1.29, 1.82) is 0 Å². The van der Waals surface area contributed by atoms with E-state index in [1.54, 1.807) is 13.2 Å². The molecule has 1 fully saturated rings. The van der Waals surface area contributed by atoms with Crippen LogP contribution in [0.4, 0.5) is 0 Å². The molecule has 0 aromatic heterocycles. The molecule has 104 valence electrons. The summed E-state index contributed by atoms with van der Waals surface area (Å²) in [6.07, 6.45) is 1.45. The predicted molar refractivity (Wildman–Crippen MR) is 75.0 cm³/mol. The standard InChI is InChI=1S/C13H18N2O3S/c1-18-13-10-14-9-12(13)15-19(16,17)8-7-11-5-3-2-4-6-11/h2-8,12-15H,9-10H2,1H3/b8-7+/t12?,13-/m0/s1. The van der Waals surface area contributed by atoms with E-state index in [0.717, 1.165) is 5.56 Å². The van der Waals surface area contributed by atoms with Crippen LogP contribution >= 0.6 is 0 Å². The summed E-state index contributed by atoms with van der Waals surface area (Å²) in [4.78, 5) is 0. The lowest BCUT2D eigenvalue weighted by Gasteiger charge is -2.17. The number of ether oxygens (including phenoxy) is 1.